The monoisotopic (exact) mass is 331 g/mol. The van der Waals surface area contributed by atoms with Gasteiger partial charge in [-0.3, -0.25) is 0 Å². The van der Waals surface area contributed by atoms with Crippen molar-refractivity contribution < 1.29 is 9.53 Å². The summed E-state index contributed by atoms with van der Waals surface area (Å²) in [4.78, 5) is 16.6. The van der Waals surface area contributed by atoms with E-state index in [1.165, 1.54) is 0 Å². The van der Waals surface area contributed by atoms with Gasteiger partial charge in [-0.25, -0.2) is 4.79 Å². The van der Waals surface area contributed by atoms with Gasteiger partial charge >= 0.3 is 6.09 Å². The molecule has 0 unspecified atom stereocenters. The van der Waals surface area contributed by atoms with Crippen LogP contribution in [0.2, 0.25) is 0 Å². The fourth-order valence-electron chi connectivity index (χ4n) is 3.82. The number of nitrogens with two attached hydrogens (primary N) is 1. The van der Waals surface area contributed by atoms with Crippen molar-refractivity contribution in [1.29, 1.82) is 0 Å². The van der Waals surface area contributed by atoms with Crippen LogP contribution in [0.3, 0.4) is 0 Å². The van der Waals surface area contributed by atoms with E-state index in [0.717, 1.165) is 56.8 Å². The molecule has 24 heavy (non-hydrogen) atoms. The second-order valence-corrected chi connectivity index (χ2v) is 8.20. The number of likely N-dealkylation sites (tertiary alicyclic amines) is 1. The Kier molecular flexibility index (Phi) is 4.37. The van der Waals surface area contributed by atoms with Gasteiger partial charge in [0.2, 0.25) is 0 Å². The molecule has 2 N–H and O–H groups in total. The highest BCUT2D eigenvalue weighted by molar-refractivity contribution is 5.69. The van der Waals surface area contributed by atoms with Crippen LogP contribution in [0.25, 0.3) is 0 Å². The van der Waals surface area contributed by atoms with E-state index in [1.807, 2.05) is 43.9 Å². The number of anilines is 2. The molecular formula is C19H29N3O2. The minimum Gasteiger partial charge on any atom is -0.444 e. The smallest absolute Gasteiger partial charge is 0.410 e. The molecule has 3 rings (SSSR count). The summed E-state index contributed by atoms with van der Waals surface area (Å²) < 4.78 is 5.52. The molecule has 0 atom stereocenters. The summed E-state index contributed by atoms with van der Waals surface area (Å²) in [6.45, 7) is 9.37. The standard InChI is InChI=1S/C19H29N3O2/c1-18(2,3)24-17(23)22-13-10-19(14-22)8-11-21(12-9-19)16-7-5-4-6-15(16)20/h4-7H,8-14,20H2,1-3H3. The summed E-state index contributed by atoms with van der Waals surface area (Å²) in [6, 6.07) is 8.06. The number of carbonyl (C=O) groups is 1. The van der Waals surface area contributed by atoms with Crippen LogP contribution >= 0.6 is 0 Å². The number of nitrogens with zero attached hydrogens (tertiary/aromatic N) is 2. The van der Waals surface area contributed by atoms with E-state index in [1.54, 1.807) is 0 Å². The SMILES string of the molecule is CC(C)(C)OC(=O)N1CCC2(CCN(c3ccccc3N)CC2)C1. The van der Waals surface area contributed by atoms with Crippen molar-refractivity contribution in [1.82, 2.24) is 4.90 Å². The minimum absolute atomic E-state index is 0.172. The van der Waals surface area contributed by atoms with Crippen molar-refractivity contribution >= 4 is 17.5 Å². The van der Waals surface area contributed by atoms with Crippen LogP contribution in [0.15, 0.2) is 24.3 Å². The van der Waals surface area contributed by atoms with Crippen LogP contribution < -0.4 is 10.6 Å². The number of piperidine rings is 1. The number of para-hydroxylation sites is 2. The topological polar surface area (TPSA) is 58.8 Å². The van der Waals surface area contributed by atoms with E-state index in [0.29, 0.717) is 0 Å². The lowest BCUT2D eigenvalue weighted by atomic mass is 9.77. The molecule has 132 valence electrons. The fraction of sp³-hybridized carbons (Fsp3) is 0.632. The second kappa shape index (κ2) is 6.19. The summed E-state index contributed by atoms with van der Waals surface area (Å²) in [7, 11) is 0. The molecule has 0 aliphatic carbocycles. The Hall–Kier alpha value is -1.91. The van der Waals surface area contributed by atoms with E-state index in [2.05, 4.69) is 11.0 Å². The van der Waals surface area contributed by atoms with Crippen LogP contribution in [-0.2, 0) is 4.74 Å². The van der Waals surface area contributed by atoms with Gasteiger partial charge in [-0.15, -0.1) is 0 Å². The first-order valence-corrected chi connectivity index (χ1v) is 8.85. The lowest BCUT2D eigenvalue weighted by molar-refractivity contribution is 0.0266. The van der Waals surface area contributed by atoms with Crippen LogP contribution in [0.1, 0.15) is 40.0 Å². The zero-order valence-corrected chi connectivity index (χ0v) is 15.0. The third-order valence-electron chi connectivity index (χ3n) is 5.19. The van der Waals surface area contributed by atoms with Crippen molar-refractivity contribution in [2.24, 2.45) is 5.41 Å². The lowest BCUT2D eigenvalue weighted by Crippen LogP contribution is -2.43. The van der Waals surface area contributed by atoms with E-state index in [9.17, 15) is 4.79 Å². The number of carbonyl (C=O) groups excluding carboxylic acids is 1. The molecule has 5 nitrogen and oxygen atoms in total. The molecule has 2 aliphatic heterocycles. The third-order valence-corrected chi connectivity index (χ3v) is 5.19. The summed E-state index contributed by atoms with van der Waals surface area (Å²) in [5, 5.41) is 0. The van der Waals surface area contributed by atoms with Crippen LogP contribution in [0, 0.1) is 5.41 Å². The van der Waals surface area contributed by atoms with Gasteiger partial charge in [-0.1, -0.05) is 12.1 Å². The normalized spacial score (nSPS) is 20.5. The predicted molar refractivity (Wildman–Crippen MR) is 97.2 cm³/mol. The Morgan fingerprint density at radius 1 is 1.12 bits per heavy atom. The highest BCUT2D eigenvalue weighted by atomic mass is 16.6. The van der Waals surface area contributed by atoms with Gasteiger partial charge in [0, 0.05) is 26.2 Å². The van der Waals surface area contributed by atoms with Gasteiger partial charge in [-0.05, 0) is 57.6 Å². The molecule has 5 heteroatoms. The van der Waals surface area contributed by atoms with E-state index in [4.69, 9.17) is 10.5 Å². The van der Waals surface area contributed by atoms with E-state index in [-0.39, 0.29) is 11.5 Å². The summed E-state index contributed by atoms with van der Waals surface area (Å²) >= 11 is 0. The number of hydrogen-bond donors (Lipinski definition) is 1. The average Bonchev–Trinajstić information content (AvgIpc) is 2.91. The van der Waals surface area contributed by atoms with Gasteiger partial charge in [0.1, 0.15) is 5.60 Å². The number of benzene rings is 1. The van der Waals surface area contributed by atoms with Crippen molar-refractivity contribution in [3.8, 4) is 0 Å². The first-order valence-electron chi connectivity index (χ1n) is 8.85. The molecule has 0 saturated carbocycles. The molecule has 0 bridgehead atoms. The summed E-state index contributed by atoms with van der Waals surface area (Å²) in [5.74, 6) is 0. The Morgan fingerprint density at radius 2 is 1.75 bits per heavy atom. The maximum atomic E-state index is 12.3. The fourth-order valence-corrected chi connectivity index (χ4v) is 3.82. The number of nitrogen functional groups attached to an aromatic ring is 1. The molecule has 2 aliphatic rings. The minimum atomic E-state index is -0.430. The third kappa shape index (κ3) is 3.60. The summed E-state index contributed by atoms with van der Waals surface area (Å²) in [5.41, 5.74) is 7.90. The number of amides is 1. The largest absolute Gasteiger partial charge is 0.444 e. The molecular weight excluding hydrogens is 302 g/mol. The first kappa shape index (κ1) is 16.9. The van der Waals surface area contributed by atoms with Crippen molar-refractivity contribution in [2.45, 2.75) is 45.6 Å². The molecule has 2 heterocycles. The van der Waals surface area contributed by atoms with Gasteiger partial charge in [0.15, 0.2) is 0 Å². The van der Waals surface area contributed by atoms with E-state index >= 15 is 0 Å². The maximum absolute atomic E-state index is 12.3. The molecule has 1 aromatic rings. The number of ether oxygens (including phenoxy) is 1. The van der Waals surface area contributed by atoms with Crippen LogP contribution in [-0.4, -0.2) is 42.8 Å². The Labute approximate surface area is 144 Å². The molecule has 1 amide bonds. The van der Waals surface area contributed by atoms with E-state index < -0.39 is 5.60 Å². The number of rotatable bonds is 1. The first-order chi connectivity index (χ1) is 11.3. The van der Waals surface area contributed by atoms with Gasteiger partial charge in [-0.2, -0.15) is 0 Å². The lowest BCUT2D eigenvalue weighted by Gasteiger charge is -2.40. The Bertz CT molecular complexity index is 601. The van der Waals surface area contributed by atoms with Gasteiger partial charge < -0.3 is 20.3 Å². The number of hydrogen-bond acceptors (Lipinski definition) is 4. The maximum Gasteiger partial charge on any atom is 0.410 e. The average molecular weight is 331 g/mol. The van der Waals surface area contributed by atoms with Gasteiger partial charge in [0.25, 0.3) is 0 Å². The van der Waals surface area contributed by atoms with Crippen molar-refractivity contribution in [3.05, 3.63) is 24.3 Å². The molecule has 1 aromatic carbocycles. The Morgan fingerprint density at radius 3 is 2.38 bits per heavy atom. The molecule has 0 aromatic heterocycles. The zero-order valence-electron chi connectivity index (χ0n) is 15.0. The zero-order chi connectivity index (χ0) is 17.4. The molecule has 2 fully saturated rings. The molecule has 2 saturated heterocycles. The highest BCUT2D eigenvalue weighted by Crippen LogP contribution is 2.42. The predicted octanol–water partition coefficient (Wildman–Crippen LogP) is 3.50. The van der Waals surface area contributed by atoms with Gasteiger partial charge in [0.05, 0.1) is 11.4 Å². The Balaban J connectivity index is 1.59. The van der Waals surface area contributed by atoms with Crippen molar-refractivity contribution in [2.75, 3.05) is 36.8 Å². The second-order valence-electron chi connectivity index (χ2n) is 8.20. The van der Waals surface area contributed by atoms with Crippen LogP contribution in [0.5, 0.6) is 0 Å². The summed E-state index contributed by atoms with van der Waals surface area (Å²) in [6.07, 6.45) is 3.10. The van der Waals surface area contributed by atoms with Crippen molar-refractivity contribution in [3.63, 3.8) is 0 Å². The quantitative estimate of drug-likeness (QED) is 0.800. The van der Waals surface area contributed by atoms with Crippen LogP contribution in [0.4, 0.5) is 16.2 Å². The highest BCUT2D eigenvalue weighted by Gasteiger charge is 2.43. The molecule has 0 radical (unpaired) electrons. The molecule has 1 spiro atoms.